The van der Waals surface area contributed by atoms with Gasteiger partial charge in [0.1, 0.15) is 0 Å². The van der Waals surface area contributed by atoms with E-state index in [9.17, 15) is 0 Å². The van der Waals surface area contributed by atoms with Crippen LogP contribution in [-0.4, -0.2) is 20.2 Å². The molecule has 0 atom stereocenters. The Morgan fingerprint density at radius 1 is 1.75 bits per heavy atom. The molecular weight excluding hydrogens is 108 g/mol. The molecular formula is C2H6N6. The number of hydrogen-bond donors (Lipinski definition) is 2. The minimum absolute atomic E-state index is 0.326. The van der Waals surface area contributed by atoms with E-state index in [1.807, 2.05) is 0 Å². The molecule has 1 rings (SSSR count). The molecule has 0 aliphatic heterocycles. The topological polar surface area (TPSA) is 81.7 Å². The van der Waals surface area contributed by atoms with E-state index in [1.165, 1.54) is 4.80 Å². The van der Waals surface area contributed by atoms with Gasteiger partial charge < -0.3 is 0 Å². The molecule has 8 heavy (non-hydrogen) atoms. The molecule has 0 unspecified atom stereocenters. The molecule has 0 aliphatic rings. The molecule has 1 aromatic rings. The van der Waals surface area contributed by atoms with Gasteiger partial charge in [0.2, 0.25) is 0 Å². The number of nitrogens with two attached hydrogens (primary N) is 1. The Bertz CT molecular complexity index is 167. The molecule has 0 aromatic carbocycles. The van der Waals surface area contributed by atoms with E-state index in [4.69, 9.17) is 5.84 Å². The van der Waals surface area contributed by atoms with Gasteiger partial charge in [-0.25, -0.2) is 5.84 Å². The standard InChI is InChI=1S/C2H6N6/c1-8-6-2(4-3)5-7-8/h3H2,1H3,(H,4,6). The van der Waals surface area contributed by atoms with Crippen LogP contribution in [0.2, 0.25) is 0 Å². The predicted molar refractivity (Wildman–Crippen MR) is 26.6 cm³/mol. The Morgan fingerprint density at radius 3 is 2.75 bits per heavy atom. The van der Waals surface area contributed by atoms with Crippen molar-refractivity contribution in [3.63, 3.8) is 0 Å². The van der Waals surface area contributed by atoms with E-state index in [1.54, 1.807) is 7.05 Å². The fraction of sp³-hybridized carbons (Fsp3) is 0.500. The fourth-order valence-corrected chi connectivity index (χ4v) is 0.342. The molecule has 44 valence electrons. The van der Waals surface area contributed by atoms with E-state index >= 15 is 0 Å². The van der Waals surface area contributed by atoms with Crippen LogP contribution in [0.3, 0.4) is 0 Å². The molecule has 0 saturated heterocycles. The summed E-state index contributed by atoms with van der Waals surface area (Å²) in [4.78, 5) is 1.31. The normalized spacial score (nSPS) is 9.25. The first kappa shape index (κ1) is 4.98. The first-order chi connectivity index (χ1) is 3.83. The molecule has 0 fully saturated rings. The van der Waals surface area contributed by atoms with Crippen LogP contribution in [-0.2, 0) is 7.05 Å². The van der Waals surface area contributed by atoms with Gasteiger partial charge in [0, 0.05) is 0 Å². The van der Waals surface area contributed by atoms with Crippen LogP contribution in [0.5, 0.6) is 0 Å². The molecule has 6 heteroatoms. The summed E-state index contributed by atoms with van der Waals surface area (Å²) in [6.07, 6.45) is 0. The maximum absolute atomic E-state index is 4.93. The minimum Gasteiger partial charge on any atom is -0.290 e. The molecule has 0 spiro atoms. The number of nitrogen functional groups attached to an aromatic ring is 1. The highest BCUT2D eigenvalue weighted by atomic mass is 15.6. The van der Waals surface area contributed by atoms with Crippen molar-refractivity contribution < 1.29 is 0 Å². The van der Waals surface area contributed by atoms with Crippen LogP contribution in [0.15, 0.2) is 0 Å². The second-order valence-electron chi connectivity index (χ2n) is 1.25. The van der Waals surface area contributed by atoms with Crippen molar-refractivity contribution in [2.45, 2.75) is 0 Å². The smallest absolute Gasteiger partial charge is 0.277 e. The number of hydrogen-bond acceptors (Lipinski definition) is 5. The molecule has 6 nitrogen and oxygen atoms in total. The van der Waals surface area contributed by atoms with E-state index in [0.717, 1.165) is 0 Å². The zero-order valence-corrected chi connectivity index (χ0v) is 4.37. The van der Waals surface area contributed by atoms with Crippen LogP contribution in [0.1, 0.15) is 0 Å². The maximum atomic E-state index is 4.93. The lowest BCUT2D eigenvalue weighted by Gasteiger charge is -1.82. The second-order valence-corrected chi connectivity index (χ2v) is 1.25. The van der Waals surface area contributed by atoms with Crippen molar-refractivity contribution in [1.29, 1.82) is 0 Å². The third kappa shape index (κ3) is 0.733. The number of aromatic nitrogens is 4. The molecule has 1 heterocycles. The lowest BCUT2D eigenvalue weighted by atomic mass is 11.1. The summed E-state index contributed by atoms with van der Waals surface area (Å²) in [5.41, 5.74) is 2.24. The van der Waals surface area contributed by atoms with Gasteiger partial charge in [-0.1, -0.05) is 5.10 Å². The largest absolute Gasteiger partial charge is 0.290 e. The Balaban J connectivity index is 2.84. The minimum atomic E-state index is 0.326. The summed E-state index contributed by atoms with van der Waals surface area (Å²) >= 11 is 0. The van der Waals surface area contributed by atoms with Gasteiger partial charge in [-0.2, -0.15) is 4.80 Å². The number of rotatable bonds is 1. The van der Waals surface area contributed by atoms with Gasteiger partial charge in [-0.15, -0.1) is 5.10 Å². The van der Waals surface area contributed by atoms with Crippen molar-refractivity contribution in [3.05, 3.63) is 0 Å². The van der Waals surface area contributed by atoms with Crippen LogP contribution < -0.4 is 11.3 Å². The summed E-state index contributed by atoms with van der Waals surface area (Å²) in [6, 6.07) is 0. The number of anilines is 1. The average molecular weight is 114 g/mol. The van der Waals surface area contributed by atoms with Crippen molar-refractivity contribution >= 4 is 5.95 Å². The van der Waals surface area contributed by atoms with Gasteiger partial charge >= 0.3 is 0 Å². The third-order valence-corrected chi connectivity index (χ3v) is 0.637. The van der Waals surface area contributed by atoms with Gasteiger partial charge in [-0.05, 0) is 5.21 Å². The van der Waals surface area contributed by atoms with Gasteiger partial charge in [0.15, 0.2) is 0 Å². The Kier molecular flexibility index (Phi) is 1.09. The van der Waals surface area contributed by atoms with E-state index < -0.39 is 0 Å². The van der Waals surface area contributed by atoms with Crippen molar-refractivity contribution in [2.24, 2.45) is 12.9 Å². The number of tetrazole rings is 1. The fourth-order valence-electron chi connectivity index (χ4n) is 0.342. The average Bonchev–Trinajstić information content (AvgIpc) is 2.14. The lowest BCUT2D eigenvalue weighted by Crippen LogP contribution is -2.08. The molecule has 0 aliphatic carbocycles. The first-order valence-corrected chi connectivity index (χ1v) is 2.03. The molecule has 0 amide bonds. The summed E-state index contributed by atoms with van der Waals surface area (Å²) < 4.78 is 0. The summed E-state index contributed by atoms with van der Waals surface area (Å²) in [6.45, 7) is 0. The summed E-state index contributed by atoms with van der Waals surface area (Å²) in [5, 5.41) is 10.7. The van der Waals surface area contributed by atoms with Crippen LogP contribution in [0.4, 0.5) is 5.95 Å². The van der Waals surface area contributed by atoms with Crippen LogP contribution >= 0.6 is 0 Å². The number of aryl methyl sites for hydroxylation is 1. The zero-order valence-electron chi connectivity index (χ0n) is 4.37. The van der Waals surface area contributed by atoms with E-state index in [2.05, 4.69) is 20.8 Å². The third-order valence-electron chi connectivity index (χ3n) is 0.637. The maximum Gasteiger partial charge on any atom is 0.277 e. The number of hydrazine groups is 1. The van der Waals surface area contributed by atoms with E-state index in [-0.39, 0.29) is 0 Å². The Hall–Kier alpha value is -1.17. The monoisotopic (exact) mass is 114 g/mol. The molecule has 3 N–H and O–H groups in total. The van der Waals surface area contributed by atoms with Gasteiger partial charge in [0.05, 0.1) is 7.05 Å². The van der Waals surface area contributed by atoms with Gasteiger partial charge in [0.25, 0.3) is 5.95 Å². The van der Waals surface area contributed by atoms with Crippen LogP contribution in [0, 0.1) is 0 Å². The zero-order chi connectivity index (χ0) is 5.98. The highest BCUT2D eigenvalue weighted by Crippen LogP contribution is 1.84. The highest BCUT2D eigenvalue weighted by Gasteiger charge is 1.91. The van der Waals surface area contributed by atoms with E-state index in [0.29, 0.717) is 5.95 Å². The van der Waals surface area contributed by atoms with Crippen molar-refractivity contribution in [3.8, 4) is 0 Å². The molecule has 0 bridgehead atoms. The lowest BCUT2D eigenvalue weighted by molar-refractivity contribution is 0.630. The summed E-state index contributed by atoms with van der Waals surface area (Å²) in [5.74, 6) is 5.26. The molecule has 0 saturated carbocycles. The predicted octanol–water partition coefficient (Wildman–Crippen LogP) is -1.50. The molecule has 0 radical (unpaired) electrons. The summed E-state index contributed by atoms with van der Waals surface area (Å²) in [7, 11) is 1.66. The van der Waals surface area contributed by atoms with Gasteiger partial charge in [-0.3, -0.25) is 5.43 Å². The van der Waals surface area contributed by atoms with Crippen LogP contribution in [0.25, 0.3) is 0 Å². The first-order valence-electron chi connectivity index (χ1n) is 2.03. The van der Waals surface area contributed by atoms with Crippen molar-refractivity contribution in [2.75, 3.05) is 5.43 Å². The highest BCUT2D eigenvalue weighted by molar-refractivity contribution is 5.14. The number of nitrogens with zero attached hydrogens (tertiary/aromatic N) is 4. The Labute approximate surface area is 45.6 Å². The number of nitrogens with one attached hydrogen (secondary N) is 1. The quantitative estimate of drug-likeness (QED) is 0.343. The Morgan fingerprint density at radius 2 is 2.50 bits per heavy atom. The second kappa shape index (κ2) is 1.74. The SMILES string of the molecule is Cn1nnc(NN)n1. The molecule has 1 aromatic heterocycles. The van der Waals surface area contributed by atoms with Crippen molar-refractivity contribution in [1.82, 2.24) is 20.2 Å².